The Hall–Kier alpha value is -2.05. The number of hydrogen-bond acceptors (Lipinski definition) is 2. The Labute approximate surface area is 114 Å². The summed E-state index contributed by atoms with van der Waals surface area (Å²) >= 11 is 0. The second-order valence-corrected chi connectivity index (χ2v) is 4.61. The normalized spacial score (nSPS) is 12.2. The second-order valence-electron chi connectivity index (χ2n) is 4.61. The lowest BCUT2D eigenvalue weighted by molar-refractivity contribution is -0.123. The molecule has 4 nitrogen and oxygen atoms in total. The number of hydrogen-bond donors (Lipinski definition) is 2. The van der Waals surface area contributed by atoms with Crippen LogP contribution in [0.1, 0.15) is 31.1 Å². The highest BCUT2D eigenvalue weighted by Crippen LogP contribution is 2.13. The average Bonchev–Trinajstić information content (AvgIpc) is 2.34. The number of benzene rings is 1. The molecule has 0 bridgehead atoms. The molecule has 0 aliphatic carbocycles. The monoisotopic (exact) mass is 288 g/mol. The molecule has 2 N–H and O–H groups in total. The summed E-state index contributed by atoms with van der Waals surface area (Å²) in [4.78, 5) is 23.3. The van der Waals surface area contributed by atoms with Gasteiger partial charge in [-0.2, -0.15) is 0 Å². The molecular formula is C13H15F3N2O2. The first-order valence-electron chi connectivity index (χ1n) is 5.98. The number of amides is 2. The molecule has 20 heavy (non-hydrogen) atoms. The van der Waals surface area contributed by atoms with E-state index in [1.807, 2.05) is 0 Å². The van der Waals surface area contributed by atoms with E-state index in [0.717, 1.165) is 0 Å². The average molecular weight is 288 g/mol. The lowest BCUT2D eigenvalue weighted by Crippen LogP contribution is -2.46. The molecule has 0 aliphatic heterocycles. The molecule has 1 aromatic rings. The summed E-state index contributed by atoms with van der Waals surface area (Å²) in [5.41, 5.74) is -0.398. The minimum absolute atomic E-state index is 0.109. The molecule has 0 fully saturated rings. The van der Waals surface area contributed by atoms with Crippen LogP contribution < -0.4 is 10.6 Å². The number of halogens is 3. The fourth-order valence-corrected chi connectivity index (χ4v) is 1.44. The van der Waals surface area contributed by atoms with Gasteiger partial charge >= 0.3 is 0 Å². The molecule has 1 aromatic carbocycles. The van der Waals surface area contributed by atoms with E-state index in [-0.39, 0.29) is 6.04 Å². The van der Waals surface area contributed by atoms with Crippen LogP contribution in [0.5, 0.6) is 0 Å². The van der Waals surface area contributed by atoms with Gasteiger partial charge in [0.25, 0.3) is 5.91 Å². The van der Waals surface area contributed by atoms with Gasteiger partial charge in [-0.25, -0.2) is 13.2 Å². The molecule has 0 heterocycles. The van der Waals surface area contributed by atoms with E-state index in [0.29, 0.717) is 12.1 Å². The number of rotatable bonds is 4. The highest BCUT2D eigenvalue weighted by atomic mass is 19.2. The molecule has 0 spiro atoms. The Balaban J connectivity index is 2.79. The third-order valence-electron chi connectivity index (χ3n) is 2.42. The van der Waals surface area contributed by atoms with Crippen molar-refractivity contribution in [3.63, 3.8) is 0 Å². The Morgan fingerprint density at radius 2 is 1.50 bits per heavy atom. The molecule has 0 saturated carbocycles. The van der Waals surface area contributed by atoms with Gasteiger partial charge < -0.3 is 10.6 Å². The zero-order valence-electron chi connectivity index (χ0n) is 11.3. The van der Waals surface area contributed by atoms with Crippen LogP contribution in [0.2, 0.25) is 0 Å². The summed E-state index contributed by atoms with van der Waals surface area (Å²) < 4.78 is 38.8. The maximum Gasteiger partial charge on any atom is 0.252 e. The van der Waals surface area contributed by atoms with Crippen LogP contribution in [0.25, 0.3) is 0 Å². The Morgan fingerprint density at radius 3 is 1.95 bits per heavy atom. The highest BCUT2D eigenvalue weighted by molar-refractivity contribution is 5.97. The van der Waals surface area contributed by atoms with E-state index in [1.165, 1.54) is 6.92 Å². The Kier molecular flexibility index (Phi) is 5.12. The van der Waals surface area contributed by atoms with Crippen molar-refractivity contribution >= 4 is 11.8 Å². The predicted octanol–water partition coefficient (Wildman–Crippen LogP) is 1.75. The minimum Gasteiger partial charge on any atom is -0.352 e. The summed E-state index contributed by atoms with van der Waals surface area (Å²) in [6.07, 6.45) is 0. The first-order chi connectivity index (χ1) is 9.22. The first-order valence-corrected chi connectivity index (χ1v) is 5.98. The van der Waals surface area contributed by atoms with Crippen molar-refractivity contribution in [2.45, 2.75) is 32.9 Å². The molecule has 0 aromatic heterocycles. The third kappa shape index (κ3) is 3.97. The summed E-state index contributed by atoms with van der Waals surface area (Å²) in [5.74, 6) is -5.87. The van der Waals surface area contributed by atoms with Gasteiger partial charge in [0, 0.05) is 11.6 Å². The first kappa shape index (κ1) is 16.0. The van der Waals surface area contributed by atoms with Crippen molar-refractivity contribution in [3.8, 4) is 0 Å². The van der Waals surface area contributed by atoms with Crippen molar-refractivity contribution in [2.75, 3.05) is 0 Å². The van der Waals surface area contributed by atoms with Crippen molar-refractivity contribution in [2.24, 2.45) is 0 Å². The van der Waals surface area contributed by atoms with Crippen LogP contribution in [-0.2, 0) is 4.79 Å². The van der Waals surface area contributed by atoms with Gasteiger partial charge in [0.2, 0.25) is 5.91 Å². The molecule has 1 rings (SSSR count). The van der Waals surface area contributed by atoms with Crippen molar-refractivity contribution < 1.29 is 22.8 Å². The molecule has 110 valence electrons. The smallest absolute Gasteiger partial charge is 0.252 e. The van der Waals surface area contributed by atoms with Gasteiger partial charge in [-0.15, -0.1) is 0 Å². The Morgan fingerprint density at radius 1 is 1.00 bits per heavy atom. The molecule has 0 radical (unpaired) electrons. The quantitative estimate of drug-likeness (QED) is 0.829. The fourth-order valence-electron chi connectivity index (χ4n) is 1.44. The van der Waals surface area contributed by atoms with Gasteiger partial charge in [0.1, 0.15) is 6.04 Å². The van der Waals surface area contributed by atoms with Crippen LogP contribution in [0.3, 0.4) is 0 Å². The maximum atomic E-state index is 13.0. The Bertz CT molecular complexity index is 509. The van der Waals surface area contributed by atoms with E-state index >= 15 is 0 Å². The topological polar surface area (TPSA) is 58.2 Å². The number of carbonyl (C=O) groups is 2. The molecule has 1 atom stereocenters. The van der Waals surface area contributed by atoms with E-state index in [1.54, 1.807) is 13.8 Å². The van der Waals surface area contributed by atoms with Crippen LogP contribution in [0, 0.1) is 17.5 Å². The van der Waals surface area contributed by atoms with E-state index in [9.17, 15) is 22.8 Å². The fraction of sp³-hybridized carbons (Fsp3) is 0.385. The molecule has 1 unspecified atom stereocenters. The van der Waals surface area contributed by atoms with Crippen LogP contribution in [0.4, 0.5) is 13.2 Å². The summed E-state index contributed by atoms with van der Waals surface area (Å²) in [6, 6.07) is 0.144. The minimum atomic E-state index is -1.65. The van der Waals surface area contributed by atoms with Gasteiger partial charge in [-0.3, -0.25) is 9.59 Å². The summed E-state index contributed by atoms with van der Waals surface area (Å²) in [7, 11) is 0. The molecular weight excluding hydrogens is 273 g/mol. The summed E-state index contributed by atoms with van der Waals surface area (Å²) in [6.45, 7) is 4.92. The van der Waals surface area contributed by atoms with E-state index < -0.39 is 40.9 Å². The zero-order valence-corrected chi connectivity index (χ0v) is 11.3. The second kappa shape index (κ2) is 6.40. The lowest BCUT2D eigenvalue weighted by Gasteiger charge is -2.16. The van der Waals surface area contributed by atoms with Gasteiger partial charge in [0.15, 0.2) is 17.5 Å². The van der Waals surface area contributed by atoms with Crippen molar-refractivity contribution in [3.05, 3.63) is 35.1 Å². The van der Waals surface area contributed by atoms with E-state index in [4.69, 9.17) is 0 Å². The van der Waals surface area contributed by atoms with E-state index in [2.05, 4.69) is 10.6 Å². The third-order valence-corrected chi connectivity index (χ3v) is 2.42. The van der Waals surface area contributed by atoms with Crippen LogP contribution in [0.15, 0.2) is 12.1 Å². The molecule has 7 heteroatoms. The largest absolute Gasteiger partial charge is 0.352 e. The van der Waals surface area contributed by atoms with Crippen LogP contribution >= 0.6 is 0 Å². The lowest BCUT2D eigenvalue weighted by atomic mass is 10.1. The van der Waals surface area contributed by atoms with Crippen molar-refractivity contribution in [1.82, 2.24) is 10.6 Å². The number of carbonyl (C=O) groups excluding carboxylic acids is 2. The molecule has 0 aliphatic rings. The number of nitrogens with one attached hydrogen (secondary N) is 2. The van der Waals surface area contributed by atoms with Gasteiger partial charge in [0.05, 0.1) is 0 Å². The van der Waals surface area contributed by atoms with Gasteiger partial charge in [-0.1, -0.05) is 0 Å². The van der Waals surface area contributed by atoms with Gasteiger partial charge in [-0.05, 0) is 32.9 Å². The predicted molar refractivity (Wildman–Crippen MR) is 66.5 cm³/mol. The van der Waals surface area contributed by atoms with Crippen LogP contribution in [-0.4, -0.2) is 23.9 Å². The summed E-state index contributed by atoms with van der Waals surface area (Å²) in [5, 5.41) is 4.84. The highest BCUT2D eigenvalue weighted by Gasteiger charge is 2.19. The molecule has 2 amide bonds. The standard InChI is InChI=1S/C13H15F3N2O2/c1-6(2)17-12(19)7(3)18-13(20)8-4-9(14)11(16)10(15)5-8/h4-7H,1-3H3,(H,17,19)(H,18,20). The maximum absolute atomic E-state index is 13.0. The zero-order chi connectivity index (χ0) is 15.4. The molecule has 0 saturated heterocycles. The SMILES string of the molecule is CC(C)NC(=O)C(C)NC(=O)c1cc(F)c(F)c(F)c1. The van der Waals surface area contributed by atoms with Crippen molar-refractivity contribution in [1.29, 1.82) is 0 Å².